The highest BCUT2D eigenvalue weighted by Gasteiger charge is 2.12. The summed E-state index contributed by atoms with van der Waals surface area (Å²) in [4.78, 5) is 8.38. The molecule has 4 rings (SSSR count). The Morgan fingerprint density at radius 3 is 2.38 bits per heavy atom. The molecular weight excluding hydrogens is 450 g/mol. The molecule has 2 aromatic carbocycles. The Bertz CT molecular complexity index is 1340. The molecule has 0 aliphatic heterocycles. The number of aromatic nitrogens is 4. The first-order valence-corrected chi connectivity index (χ1v) is 11.7. The van der Waals surface area contributed by atoms with E-state index in [4.69, 9.17) is 16.3 Å². The van der Waals surface area contributed by atoms with Crippen molar-refractivity contribution in [2.24, 2.45) is 0 Å². The van der Waals surface area contributed by atoms with Gasteiger partial charge < -0.3 is 4.74 Å². The predicted octanol–water partition coefficient (Wildman–Crippen LogP) is 4.67. The Hall–Kier alpha value is -3.43. The van der Waals surface area contributed by atoms with Crippen LogP contribution in [0.4, 0.5) is 5.69 Å². The number of halogens is 1. The molecule has 0 radical (unpaired) electrons. The molecule has 0 atom stereocenters. The Balaban J connectivity index is 1.43. The minimum absolute atomic E-state index is 0.154. The first-order valence-electron chi connectivity index (χ1n) is 9.66. The Kier molecular flexibility index (Phi) is 6.11. The highest BCUT2D eigenvalue weighted by atomic mass is 35.5. The molecule has 0 unspecified atom stereocenters. The third kappa shape index (κ3) is 5.43. The van der Waals surface area contributed by atoms with Gasteiger partial charge in [-0.15, -0.1) is 0 Å². The van der Waals surface area contributed by atoms with Crippen molar-refractivity contribution >= 4 is 27.3 Å². The lowest BCUT2D eigenvalue weighted by atomic mass is 10.2. The summed E-state index contributed by atoms with van der Waals surface area (Å²) < 4.78 is 34.9. The summed E-state index contributed by atoms with van der Waals surface area (Å²) in [7, 11) is -3.57. The van der Waals surface area contributed by atoms with Crippen LogP contribution in [0.15, 0.2) is 67.0 Å². The van der Waals surface area contributed by atoms with Crippen molar-refractivity contribution in [3.63, 3.8) is 0 Å². The predicted molar refractivity (Wildman–Crippen MR) is 123 cm³/mol. The van der Waals surface area contributed by atoms with Gasteiger partial charge in [0.05, 0.1) is 11.4 Å². The minimum Gasteiger partial charge on any atom is -0.439 e. The SMILES string of the molecule is Cc1cc(C)n(-c2cc(Oc3ccc(NS(=O)(=O)Cc4ccc(Cl)cc4)cc3)ncn2)n1. The quantitative estimate of drug-likeness (QED) is 0.422. The van der Waals surface area contributed by atoms with Crippen LogP contribution in [0.3, 0.4) is 0 Å². The third-order valence-electron chi connectivity index (χ3n) is 4.47. The second kappa shape index (κ2) is 8.97. The number of rotatable bonds is 7. The molecule has 0 aliphatic rings. The van der Waals surface area contributed by atoms with Crippen LogP contribution in [0.25, 0.3) is 5.82 Å². The summed E-state index contributed by atoms with van der Waals surface area (Å²) in [5.41, 5.74) is 2.90. The molecule has 4 aromatic rings. The van der Waals surface area contributed by atoms with Gasteiger partial charge in [0.15, 0.2) is 5.82 Å². The van der Waals surface area contributed by atoms with Crippen LogP contribution in [-0.4, -0.2) is 28.2 Å². The van der Waals surface area contributed by atoms with Gasteiger partial charge in [-0.1, -0.05) is 23.7 Å². The molecule has 0 amide bonds. The van der Waals surface area contributed by atoms with Gasteiger partial charge in [0.25, 0.3) is 0 Å². The van der Waals surface area contributed by atoms with E-state index in [-0.39, 0.29) is 5.75 Å². The summed E-state index contributed by atoms with van der Waals surface area (Å²) in [6.07, 6.45) is 1.40. The molecule has 0 aliphatic carbocycles. The molecule has 1 N–H and O–H groups in total. The number of anilines is 1. The van der Waals surface area contributed by atoms with Gasteiger partial charge in [-0.05, 0) is 61.9 Å². The topological polar surface area (TPSA) is 99.0 Å². The van der Waals surface area contributed by atoms with Crippen LogP contribution in [0, 0.1) is 13.8 Å². The van der Waals surface area contributed by atoms with Crippen LogP contribution in [-0.2, 0) is 15.8 Å². The first-order chi connectivity index (χ1) is 15.3. The lowest BCUT2D eigenvalue weighted by molar-refractivity contribution is 0.460. The number of nitrogens with one attached hydrogen (secondary N) is 1. The molecule has 2 aromatic heterocycles. The van der Waals surface area contributed by atoms with Crippen LogP contribution in [0.1, 0.15) is 17.0 Å². The number of sulfonamides is 1. The van der Waals surface area contributed by atoms with E-state index in [2.05, 4.69) is 19.8 Å². The highest BCUT2D eigenvalue weighted by molar-refractivity contribution is 7.91. The fraction of sp³-hybridized carbons (Fsp3) is 0.136. The smallest absolute Gasteiger partial charge is 0.236 e. The first kappa shape index (κ1) is 21.8. The summed E-state index contributed by atoms with van der Waals surface area (Å²) >= 11 is 5.84. The van der Waals surface area contributed by atoms with Crippen molar-refractivity contribution < 1.29 is 13.2 Å². The number of nitrogens with zero attached hydrogens (tertiary/aromatic N) is 4. The van der Waals surface area contributed by atoms with Crippen LogP contribution in [0.2, 0.25) is 5.02 Å². The van der Waals surface area contributed by atoms with E-state index in [0.29, 0.717) is 33.7 Å². The van der Waals surface area contributed by atoms with Crippen LogP contribution >= 0.6 is 11.6 Å². The molecule has 32 heavy (non-hydrogen) atoms. The average Bonchev–Trinajstić information content (AvgIpc) is 3.09. The number of hydrogen-bond acceptors (Lipinski definition) is 6. The standard InChI is InChI=1S/C22H20ClN5O3S/c1-15-11-16(2)28(26-15)21-12-22(25-14-24-21)31-20-9-7-19(8-10-20)27-32(29,30)13-17-3-5-18(23)6-4-17/h3-12,14,27H,13H2,1-2H3. The Morgan fingerprint density at radius 1 is 1.00 bits per heavy atom. The molecule has 164 valence electrons. The summed E-state index contributed by atoms with van der Waals surface area (Å²) in [5.74, 6) is 1.29. The van der Waals surface area contributed by atoms with Crippen molar-refractivity contribution in [3.8, 4) is 17.4 Å². The lowest BCUT2D eigenvalue weighted by Gasteiger charge is -2.10. The van der Waals surface area contributed by atoms with Gasteiger partial charge >= 0.3 is 0 Å². The van der Waals surface area contributed by atoms with E-state index in [1.807, 2.05) is 19.9 Å². The van der Waals surface area contributed by atoms with E-state index in [9.17, 15) is 8.42 Å². The normalized spacial score (nSPS) is 11.3. The number of aryl methyl sites for hydroxylation is 2. The fourth-order valence-electron chi connectivity index (χ4n) is 3.09. The molecule has 0 bridgehead atoms. The summed E-state index contributed by atoms with van der Waals surface area (Å²) in [6, 6.07) is 16.9. The van der Waals surface area contributed by atoms with Crippen molar-refractivity contribution in [1.82, 2.24) is 19.7 Å². The molecule has 8 nitrogen and oxygen atoms in total. The van der Waals surface area contributed by atoms with Crippen molar-refractivity contribution in [2.45, 2.75) is 19.6 Å². The summed E-state index contributed by atoms with van der Waals surface area (Å²) in [6.45, 7) is 3.85. The second-order valence-electron chi connectivity index (χ2n) is 7.17. The van der Waals surface area contributed by atoms with Crippen molar-refractivity contribution in [3.05, 3.63) is 89.0 Å². The molecule has 0 fully saturated rings. The second-order valence-corrected chi connectivity index (χ2v) is 9.33. The molecule has 0 saturated heterocycles. The maximum atomic E-state index is 12.4. The van der Waals surface area contributed by atoms with Gasteiger partial charge in [-0.2, -0.15) is 5.10 Å². The van der Waals surface area contributed by atoms with Crippen LogP contribution < -0.4 is 9.46 Å². The monoisotopic (exact) mass is 469 g/mol. The van der Waals surface area contributed by atoms with E-state index >= 15 is 0 Å². The summed E-state index contributed by atoms with van der Waals surface area (Å²) in [5, 5.41) is 4.96. The fourth-order valence-corrected chi connectivity index (χ4v) is 4.41. The maximum absolute atomic E-state index is 12.4. The van der Waals surface area contributed by atoms with E-state index < -0.39 is 10.0 Å². The zero-order valence-corrected chi connectivity index (χ0v) is 18.9. The average molecular weight is 470 g/mol. The molecule has 10 heteroatoms. The van der Waals surface area contributed by atoms with Gasteiger partial charge in [-0.25, -0.2) is 23.1 Å². The molecular formula is C22H20ClN5O3S. The largest absolute Gasteiger partial charge is 0.439 e. The zero-order valence-electron chi connectivity index (χ0n) is 17.4. The highest BCUT2D eigenvalue weighted by Crippen LogP contribution is 2.24. The third-order valence-corrected chi connectivity index (χ3v) is 5.99. The number of hydrogen-bond donors (Lipinski definition) is 1. The van der Waals surface area contributed by atoms with Gasteiger partial charge in [0, 0.05) is 22.5 Å². The molecule has 0 spiro atoms. The maximum Gasteiger partial charge on any atom is 0.236 e. The Labute approximate surface area is 190 Å². The van der Waals surface area contributed by atoms with Gasteiger partial charge in [-0.3, -0.25) is 4.72 Å². The Morgan fingerprint density at radius 2 is 1.72 bits per heavy atom. The van der Waals surface area contributed by atoms with E-state index in [1.54, 1.807) is 59.3 Å². The van der Waals surface area contributed by atoms with Crippen LogP contribution in [0.5, 0.6) is 11.6 Å². The number of ether oxygens (including phenoxy) is 1. The zero-order chi connectivity index (χ0) is 22.7. The van der Waals surface area contributed by atoms with Gasteiger partial charge in [0.1, 0.15) is 12.1 Å². The molecule has 2 heterocycles. The van der Waals surface area contributed by atoms with E-state index in [1.165, 1.54) is 6.33 Å². The van der Waals surface area contributed by atoms with E-state index in [0.717, 1.165) is 11.4 Å². The molecule has 0 saturated carbocycles. The van der Waals surface area contributed by atoms with Crippen molar-refractivity contribution in [1.29, 1.82) is 0 Å². The minimum atomic E-state index is -3.57. The van der Waals surface area contributed by atoms with Gasteiger partial charge in [0.2, 0.25) is 15.9 Å². The number of benzene rings is 2. The van der Waals surface area contributed by atoms with Crippen molar-refractivity contribution in [2.75, 3.05) is 4.72 Å². The lowest BCUT2D eigenvalue weighted by Crippen LogP contribution is -2.14.